The average Bonchev–Trinajstić information content (AvgIpc) is 3.45. The first-order valence-electron chi connectivity index (χ1n) is 11.1. The summed E-state index contributed by atoms with van der Waals surface area (Å²) in [5, 5.41) is 0.905. The lowest BCUT2D eigenvalue weighted by atomic mass is 10.0. The number of hydrogen-bond acceptors (Lipinski definition) is 4. The van der Waals surface area contributed by atoms with Crippen LogP contribution in [-0.2, 0) is 0 Å². The molecule has 1 fully saturated rings. The topological polar surface area (TPSA) is 61.9 Å². The first-order valence-corrected chi connectivity index (χ1v) is 12.0. The van der Waals surface area contributed by atoms with Gasteiger partial charge in [-0.1, -0.05) is 36.8 Å². The first-order chi connectivity index (χ1) is 15.3. The van der Waals surface area contributed by atoms with Gasteiger partial charge in [0.2, 0.25) is 0 Å². The van der Waals surface area contributed by atoms with Gasteiger partial charge in [-0.3, -0.25) is 4.79 Å². The summed E-state index contributed by atoms with van der Waals surface area (Å²) in [4.78, 5) is 29.7. The summed E-state index contributed by atoms with van der Waals surface area (Å²) in [6.07, 6.45) is 0.961. The highest BCUT2D eigenvalue weighted by atomic mass is 32.1. The summed E-state index contributed by atoms with van der Waals surface area (Å²) in [5.74, 6) is 1.26. The zero-order valence-corrected chi connectivity index (χ0v) is 20.0. The Morgan fingerprint density at radius 2 is 1.78 bits per heavy atom. The van der Waals surface area contributed by atoms with Crippen molar-refractivity contribution in [1.82, 2.24) is 19.9 Å². The summed E-state index contributed by atoms with van der Waals surface area (Å²) >= 11 is 1.48. The van der Waals surface area contributed by atoms with Gasteiger partial charge in [0.25, 0.3) is 5.91 Å². The third-order valence-corrected chi connectivity index (χ3v) is 7.57. The number of carbonyl (C=O) groups is 1. The molecule has 1 N–H and O–H groups in total. The number of carbonyl (C=O) groups excluding carboxylic acids is 1. The number of hydrogen-bond donors (Lipinski definition) is 1. The Morgan fingerprint density at radius 3 is 2.53 bits per heavy atom. The molecule has 0 radical (unpaired) electrons. The summed E-state index contributed by atoms with van der Waals surface area (Å²) < 4.78 is 0. The molecule has 3 heterocycles. The van der Waals surface area contributed by atoms with Crippen LogP contribution in [0.2, 0.25) is 0 Å². The lowest BCUT2D eigenvalue weighted by molar-refractivity contribution is 0.0720. The minimum atomic E-state index is -0.0659. The third kappa shape index (κ3) is 3.52. The number of H-pyrrole nitrogens is 1. The van der Waals surface area contributed by atoms with E-state index in [9.17, 15) is 4.79 Å². The first kappa shape index (κ1) is 20.9. The van der Waals surface area contributed by atoms with E-state index in [0.29, 0.717) is 10.8 Å². The Hall–Kier alpha value is -2.99. The molecule has 5 nitrogen and oxygen atoms in total. The average molecular weight is 445 g/mol. The monoisotopic (exact) mass is 444 g/mol. The molecule has 2 aromatic carbocycles. The fourth-order valence-corrected chi connectivity index (χ4v) is 5.53. The van der Waals surface area contributed by atoms with E-state index in [-0.39, 0.29) is 11.9 Å². The minimum Gasteiger partial charge on any atom is -0.340 e. The Bertz CT molecular complexity index is 1280. The maximum absolute atomic E-state index is 13.8. The zero-order valence-electron chi connectivity index (χ0n) is 19.2. The summed E-state index contributed by atoms with van der Waals surface area (Å²) in [6.45, 7) is 11.2. The maximum Gasteiger partial charge on any atom is 0.266 e. The molecule has 0 aliphatic carbocycles. The van der Waals surface area contributed by atoms with Crippen LogP contribution in [0.4, 0.5) is 0 Å². The van der Waals surface area contributed by atoms with Gasteiger partial charge < -0.3 is 9.88 Å². The molecule has 4 aromatic rings. The van der Waals surface area contributed by atoms with Crippen molar-refractivity contribution >= 4 is 28.3 Å². The van der Waals surface area contributed by atoms with Crippen molar-refractivity contribution in [3.05, 3.63) is 68.8 Å². The quantitative estimate of drug-likeness (QED) is 0.413. The smallest absolute Gasteiger partial charge is 0.266 e. The van der Waals surface area contributed by atoms with E-state index in [4.69, 9.17) is 9.97 Å². The summed E-state index contributed by atoms with van der Waals surface area (Å²) in [7, 11) is 0. The molecule has 5 rings (SSSR count). The van der Waals surface area contributed by atoms with Crippen molar-refractivity contribution in [2.24, 2.45) is 5.92 Å². The highest BCUT2D eigenvalue weighted by molar-refractivity contribution is 7.14. The summed E-state index contributed by atoms with van der Waals surface area (Å²) in [5.41, 5.74) is 7.42. The van der Waals surface area contributed by atoms with Crippen LogP contribution in [0.15, 0.2) is 36.4 Å². The maximum atomic E-state index is 13.8. The van der Waals surface area contributed by atoms with Crippen LogP contribution < -0.4 is 0 Å². The van der Waals surface area contributed by atoms with Crippen molar-refractivity contribution in [1.29, 1.82) is 0 Å². The second-order valence-corrected chi connectivity index (χ2v) is 10.3. The van der Waals surface area contributed by atoms with Crippen LogP contribution in [0, 0.1) is 33.6 Å². The second-order valence-electron chi connectivity index (χ2n) is 9.06. The van der Waals surface area contributed by atoms with Crippen molar-refractivity contribution < 1.29 is 4.79 Å². The van der Waals surface area contributed by atoms with Crippen LogP contribution in [0.5, 0.6) is 0 Å². The molecule has 1 aliphatic rings. The Labute approximate surface area is 192 Å². The highest BCUT2D eigenvalue weighted by Gasteiger charge is 2.39. The fourth-order valence-electron chi connectivity index (χ4n) is 4.63. The van der Waals surface area contributed by atoms with Gasteiger partial charge in [0.05, 0.1) is 27.8 Å². The second kappa shape index (κ2) is 7.85. The van der Waals surface area contributed by atoms with Crippen molar-refractivity contribution in [3.63, 3.8) is 0 Å². The Balaban J connectivity index is 1.53. The van der Waals surface area contributed by atoms with E-state index in [1.54, 1.807) is 0 Å². The van der Waals surface area contributed by atoms with Gasteiger partial charge in [-0.2, -0.15) is 0 Å². The molecule has 0 bridgehead atoms. The molecule has 6 heteroatoms. The standard InChI is InChI=1S/C26H28N4OS/c1-14-6-8-19(9-7-14)22-24(32-18(5)27-22)26(31)30-11-10-15(2)23(30)25-28-20-12-16(3)17(4)13-21(20)29-25/h6-9,12-13,15,23H,10-11H2,1-5H3,(H,28,29)/t15-,23-/m0/s1. The zero-order chi connectivity index (χ0) is 22.6. The number of aryl methyl sites for hydroxylation is 4. The molecule has 2 aromatic heterocycles. The number of thiazole rings is 1. The van der Waals surface area contributed by atoms with Gasteiger partial charge in [-0.05, 0) is 63.3 Å². The normalized spacial score (nSPS) is 18.6. The van der Waals surface area contributed by atoms with E-state index in [0.717, 1.165) is 46.1 Å². The van der Waals surface area contributed by atoms with Crippen LogP contribution in [0.3, 0.4) is 0 Å². The molecule has 1 amide bonds. The minimum absolute atomic E-state index is 0.0494. The van der Waals surface area contributed by atoms with Crippen LogP contribution >= 0.6 is 11.3 Å². The van der Waals surface area contributed by atoms with Crippen molar-refractivity contribution in [2.45, 2.75) is 47.1 Å². The molecule has 1 saturated heterocycles. The third-order valence-electron chi connectivity index (χ3n) is 6.61. The molecule has 2 atom stereocenters. The number of imidazole rings is 1. The number of aromatic amines is 1. The van der Waals surface area contributed by atoms with Crippen LogP contribution in [0.25, 0.3) is 22.3 Å². The largest absolute Gasteiger partial charge is 0.340 e. The van der Waals surface area contributed by atoms with E-state index >= 15 is 0 Å². The predicted octanol–water partition coefficient (Wildman–Crippen LogP) is 6.14. The summed E-state index contributed by atoms with van der Waals surface area (Å²) in [6, 6.07) is 12.4. The number of rotatable bonds is 3. The lowest BCUT2D eigenvalue weighted by Gasteiger charge is -2.25. The number of nitrogens with one attached hydrogen (secondary N) is 1. The van der Waals surface area contributed by atoms with Crippen molar-refractivity contribution in [2.75, 3.05) is 6.54 Å². The lowest BCUT2D eigenvalue weighted by Crippen LogP contribution is -2.32. The molecule has 0 spiro atoms. The predicted molar refractivity (Wildman–Crippen MR) is 130 cm³/mol. The number of fused-ring (bicyclic) bond motifs is 1. The molecule has 164 valence electrons. The van der Waals surface area contributed by atoms with E-state index in [1.807, 2.05) is 11.8 Å². The molecule has 0 saturated carbocycles. The number of nitrogens with zero attached hydrogens (tertiary/aromatic N) is 3. The van der Waals surface area contributed by atoms with Gasteiger partial charge >= 0.3 is 0 Å². The SMILES string of the molecule is Cc1ccc(-c2nc(C)sc2C(=O)N2CC[C@H](C)[C@H]2c2nc3cc(C)c(C)cc3[nH]2)cc1. The van der Waals surface area contributed by atoms with Crippen molar-refractivity contribution in [3.8, 4) is 11.3 Å². The number of amides is 1. The number of benzene rings is 2. The van der Waals surface area contributed by atoms with Gasteiger partial charge in [0.15, 0.2) is 0 Å². The Kier molecular flexibility index (Phi) is 5.13. The molecule has 1 aliphatic heterocycles. The molecular weight excluding hydrogens is 416 g/mol. The Morgan fingerprint density at radius 1 is 1.06 bits per heavy atom. The van der Waals surface area contributed by atoms with E-state index in [2.05, 4.69) is 69.1 Å². The highest BCUT2D eigenvalue weighted by Crippen LogP contribution is 2.39. The van der Waals surface area contributed by atoms with E-state index in [1.165, 1.54) is 28.0 Å². The molecule has 32 heavy (non-hydrogen) atoms. The van der Waals surface area contributed by atoms with Gasteiger partial charge in [-0.15, -0.1) is 11.3 Å². The fraction of sp³-hybridized carbons (Fsp3) is 0.346. The van der Waals surface area contributed by atoms with E-state index < -0.39 is 0 Å². The van der Waals surface area contributed by atoms with Gasteiger partial charge in [0.1, 0.15) is 10.7 Å². The van der Waals surface area contributed by atoms with Crippen LogP contribution in [0.1, 0.15) is 56.6 Å². The molecule has 0 unspecified atom stereocenters. The van der Waals surface area contributed by atoms with Crippen LogP contribution in [-0.4, -0.2) is 32.3 Å². The number of likely N-dealkylation sites (tertiary alicyclic amines) is 1. The van der Waals surface area contributed by atoms with Gasteiger partial charge in [0, 0.05) is 12.1 Å². The molecular formula is C26H28N4OS. The van der Waals surface area contributed by atoms with Gasteiger partial charge in [-0.25, -0.2) is 9.97 Å². The number of aromatic nitrogens is 3.